The van der Waals surface area contributed by atoms with E-state index in [1.165, 1.54) is 0 Å². The minimum atomic E-state index is 0.470. The van der Waals surface area contributed by atoms with E-state index in [4.69, 9.17) is 5.73 Å². The van der Waals surface area contributed by atoms with Crippen LogP contribution in [-0.2, 0) is 0 Å². The van der Waals surface area contributed by atoms with Crippen LogP contribution in [0.4, 0.5) is 11.6 Å². The molecule has 1 heterocycles. The summed E-state index contributed by atoms with van der Waals surface area (Å²) in [4.78, 5) is 2.27. The van der Waals surface area contributed by atoms with Crippen LogP contribution in [0.2, 0.25) is 0 Å². The van der Waals surface area contributed by atoms with Crippen LogP contribution in [0, 0.1) is 11.8 Å². The summed E-state index contributed by atoms with van der Waals surface area (Å²) in [6, 6.07) is 3.74. The molecule has 2 N–H and O–H groups in total. The van der Waals surface area contributed by atoms with Gasteiger partial charge in [0.1, 0.15) is 5.82 Å². The molecule has 0 radical (unpaired) electrons. The van der Waals surface area contributed by atoms with Gasteiger partial charge in [0, 0.05) is 13.1 Å². The predicted molar refractivity (Wildman–Crippen MR) is 68.3 cm³/mol. The fraction of sp³-hybridized carbons (Fsp3) is 0.667. The molecule has 90 valence electrons. The van der Waals surface area contributed by atoms with Crippen LogP contribution in [0.1, 0.15) is 27.7 Å². The number of hydrogen-bond donors (Lipinski definition) is 1. The molecule has 0 unspecified atom stereocenters. The summed E-state index contributed by atoms with van der Waals surface area (Å²) in [5.41, 5.74) is 5.54. The Hall–Kier alpha value is -1.32. The van der Waals surface area contributed by atoms with E-state index >= 15 is 0 Å². The normalized spacial score (nSPS) is 11.1. The second kappa shape index (κ2) is 5.68. The summed E-state index contributed by atoms with van der Waals surface area (Å²) in [5.74, 6) is 2.60. The highest BCUT2D eigenvalue weighted by atomic mass is 15.3. The number of anilines is 2. The zero-order valence-electron chi connectivity index (χ0n) is 10.6. The molecule has 4 heteroatoms. The van der Waals surface area contributed by atoms with Gasteiger partial charge < -0.3 is 10.6 Å². The average Bonchev–Trinajstić information content (AvgIpc) is 2.16. The first-order chi connectivity index (χ1) is 7.49. The van der Waals surface area contributed by atoms with Crippen LogP contribution < -0.4 is 10.6 Å². The van der Waals surface area contributed by atoms with E-state index in [2.05, 4.69) is 42.8 Å². The minimum absolute atomic E-state index is 0.470. The standard InChI is InChI=1S/C12H22N4/c1-9(2)7-16(8-10(3)4)12-6-5-11(13)14-15-12/h5-6,9-10H,7-8H2,1-4H3,(H2,13,14). The maximum Gasteiger partial charge on any atom is 0.151 e. The monoisotopic (exact) mass is 222 g/mol. The lowest BCUT2D eigenvalue weighted by Gasteiger charge is -2.26. The quantitative estimate of drug-likeness (QED) is 0.829. The second-order valence-corrected chi connectivity index (χ2v) is 5.01. The average molecular weight is 222 g/mol. The highest BCUT2D eigenvalue weighted by molar-refractivity contribution is 5.41. The van der Waals surface area contributed by atoms with Crippen LogP contribution in [0.25, 0.3) is 0 Å². The first kappa shape index (κ1) is 12.7. The zero-order valence-corrected chi connectivity index (χ0v) is 10.6. The number of rotatable bonds is 5. The molecule has 0 saturated carbocycles. The van der Waals surface area contributed by atoms with Gasteiger partial charge in [0.05, 0.1) is 0 Å². The Morgan fingerprint density at radius 1 is 1.06 bits per heavy atom. The number of aromatic nitrogens is 2. The molecule has 16 heavy (non-hydrogen) atoms. The summed E-state index contributed by atoms with van der Waals surface area (Å²) in [7, 11) is 0. The van der Waals surface area contributed by atoms with Gasteiger partial charge in [-0.25, -0.2) is 0 Å². The fourth-order valence-corrected chi connectivity index (χ4v) is 1.65. The molecule has 0 aliphatic rings. The van der Waals surface area contributed by atoms with Gasteiger partial charge in [-0.1, -0.05) is 27.7 Å². The van der Waals surface area contributed by atoms with Crippen molar-refractivity contribution >= 4 is 11.6 Å². The molecule has 0 fully saturated rings. The van der Waals surface area contributed by atoms with Crippen molar-refractivity contribution in [3.05, 3.63) is 12.1 Å². The summed E-state index contributed by atoms with van der Waals surface area (Å²) in [6.07, 6.45) is 0. The Balaban J connectivity index is 2.78. The van der Waals surface area contributed by atoms with Crippen molar-refractivity contribution < 1.29 is 0 Å². The Labute approximate surface area is 97.9 Å². The van der Waals surface area contributed by atoms with Crippen molar-refractivity contribution in [1.29, 1.82) is 0 Å². The molecule has 0 aliphatic carbocycles. The van der Waals surface area contributed by atoms with Gasteiger partial charge in [-0.3, -0.25) is 0 Å². The van der Waals surface area contributed by atoms with Crippen molar-refractivity contribution in [2.24, 2.45) is 11.8 Å². The minimum Gasteiger partial charge on any atom is -0.382 e. The van der Waals surface area contributed by atoms with Gasteiger partial charge in [0.15, 0.2) is 5.82 Å². The first-order valence-electron chi connectivity index (χ1n) is 5.83. The molecule has 0 bridgehead atoms. The van der Waals surface area contributed by atoms with Gasteiger partial charge in [-0.05, 0) is 24.0 Å². The summed E-state index contributed by atoms with van der Waals surface area (Å²) < 4.78 is 0. The molecule has 0 spiro atoms. The highest BCUT2D eigenvalue weighted by Gasteiger charge is 2.11. The van der Waals surface area contributed by atoms with Gasteiger partial charge in [-0.15, -0.1) is 10.2 Å². The second-order valence-electron chi connectivity index (χ2n) is 5.01. The first-order valence-corrected chi connectivity index (χ1v) is 5.83. The third-order valence-corrected chi connectivity index (χ3v) is 2.17. The molecular weight excluding hydrogens is 200 g/mol. The van der Waals surface area contributed by atoms with Crippen molar-refractivity contribution in [3.8, 4) is 0 Å². The number of nitrogens with zero attached hydrogens (tertiary/aromatic N) is 3. The van der Waals surface area contributed by atoms with Crippen LogP contribution in [0.3, 0.4) is 0 Å². The summed E-state index contributed by atoms with van der Waals surface area (Å²) in [6.45, 7) is 10.8. The fourth-order valence-electron chi connectivity index (χ4n) is 1.65. The molecular formula is C12H22N4. The van der Waals surface area contributed by atoms with Crippen molar-refractivity contribution in [1.82, 2.24) is 10.2 Å². The van der Waals surface area contributed by atoms with E-state index in [9.17, 15) is 0 Å². The van der Waals surface area contributed by atoms with Gasteiger partial charge in [-0.2, -0.15) is 0 Å². The van der Waals surface area contributed by atoms with E-state index < -0.39 is 0 Å². The predicted octanol–water partition coefficient (Wildman–Crippen LogP) is 2.18. The van der Waals surface area contributed by atoms with Crippen LogP contribution in [-0.4, -0.2) is 23.3 Å². The Bertz CT molecular complexity index is 295. The largest absolute Gasteiger partial charge is 0.382 e. The topological polar surface area (TPSA) is 55.0 Å². The van der Waals surface area contributed by atoms with Gasteiger partial charge in [0.2, 0.25) is 0 Å². The molecule has 1 aromatic heterocycles. The van der Waals surface area contributed by atoms with E-state index in [-0.39, 0.29) is 0 Å². The summed E-state index contributed by atoms with van der Waals surface area (Å²) in [5, 5.41) is 8.04. The third-order valence-electron chi connectivity index (χ3n) is 2.17. The van der Waals surface area contributed by atoms with Gasteiger partial charge >= 0.3 is 0 Å². The molecule has 0 aliphatic heterocycles. The Morgan fingerprint density at radius 3 is 2.00 bits per heavy atom. The molecule has 0 aromatic carbocycles. The van der Waals surface area contributed by atoms with E-state index in [0.717, 1.165) is 18.9 Å². The van der Waals surface area contributed by atoms with Crippen molar-refractivity contribution in [3.63, 3.8) is 0 Å². The molecule has 0 amide bonds. The maximum atomic E-state index is 5.54. The smallest absolute Gasteiger partial charge is 0.151 e. The highest BCUT2D eigenvalue weighted by Crippen LogP contribution is 2.14. The van der Waals surface area contributed by atoms with Gasteiger partial charge in [0.25, 0.3) is 0 Å². The SMILES string of the molecule is CC(C)CN(CC(C)C)c1ccc(N)nn1. The van der Waals surface area contributed by atoms with E-state index in [1.54, 1.807) is 6.07 Å². The van der Waals surface area contributed by atoms with Crippen LogP contribution in [0.15, 0.2) is 12.1 Å². The number of nitrogens with two attached hydrogens (primary N) is 1. The summed E-state index contributed by atoms with van der Waals surface area (Å²) >= 11 is 0. The molecule has 1 aromatic rings. The number of hydrogen-bond acceptors (Lipinski definition) is 4. The maximum absolute atomic E-state index is 5.54. The van der Waals surface area contributed by atoms with E-state index in [0.29, 0.717) is 17.7 Å². The van der Waals surface area contributed by atoms with Crippen molar-refractivity contribution in [2.75, 3.05) is 23.7 Å². The molecule has 4 nitrogen and oxygen atoms in total. The number of nitrogen functional groups attached to an aromatic ring is 1. The molecule has 0 saturated heterocycles. The van der Waals surface area contributed by atoms with Crippen LogP contribution in [0.5, 0.6) is 0 Å². The molecule has 0 atom stereocenters. The lowest BCUT2D eigenvalue weighted by Crippen LogP contribution is -2.32. The molecule has 1 rings (SSSR count). The third kappa shape index (κ3) is 4.04. The van der Waals surface area contributed by atoms with Crippen LogP contribution >= 0.6 is 0 Å². The van der Waals surface area contributed by atoms with E-state index in [1.807, 2.05) is 6.07 Å². The van der Waals surface area contributed by atoms with Crippen molar-refractivity contribution in [2.45, 2.75) is 27.7 Å². The zero-order chi connectivity index (χ0) is 12.1. The lowest BCUT2D eigenvalue weighted by atomic mass is 10.1. The lowest BCUT2D eigenvalue weighted by molar-refractivity contribution is 0.547. The Kier molecular flexibility index (Phi) is 4.52. The Morgan fingerprint density at radius 2 is 1.62 bits per heavy atom.